The largest absolute Gasteiger partial charge is 1.00 e. The smallest absolute Gasteiger partial charge is 0.822 e. The average molecular weight is 1030 g/mol. The van der Waals surface area contributed by atoms with Crippen molar-refractivity contribution in [2.24, 2.45) is 0 Å². The number of unbranched alkanes of at least 4 members (excludes halogenated alkanes) is 40. The van der Waals surface area contributed by atoms with Gasteiger partial charge in [-0.2, -0.15) is 7.82 Å². The summed E-state index contributed by atoms with van der Waals surface area (Å²) in [6.07, 6.45) is 69.5. The van der Waals surface area contributed by atoms with Gasteiger partial charge in [0.1, 0.15) is 0 Å². The van der Waals surface area contributed by atoms with Crippen LogP contribution in [-0.2, 0) is 4.57 Å². The lowest BCUT2D eigenvalue weighted by molar-refractivity contribution is -0.929. The molecule has 0 radical (unpaired) electrons. The minimum absolute atomic E-state index is 0. The zero-order valence-corrected chi connectivity index (χ0v) is 51.5. The molecule has 0 atom stereocenters. The van der Waals surface area contributed by atoms with E-state index in [1.165, 1.54) is 370 Å². The van der Waals surface area contributed by atoms with E-state index < -0.39 is 7.82 Å². The van der Waals surface area contributed by atoms with Crippen molar-refractivity contribution in [3.63, 3.8) is 0 Å². The molecule has 6 nitrogen and oxygen atoms in total. The van der Waals surface area contributed by atoms with Crippen LogP contribution in [0.5, 0.6) is 0 Å². The Kier molecular flexibility index (Phi) is 64.5. The fourth-order valence-electron chi connectivity index (χ4n) is 11.2. The summed E-state index contributed by atoms with van der Waals surface area (Å²) < 4.78 is 11.5. The van der Waals surface area contributed by atoms with Gasteiger partial charge in [-0.05, 0) is 103 Å². The van der Waals surface area contributed by atoms with Gasteiger partial charge in [-0.3, -0.25) is 0 Å². The van der Waals surface area contributed by atoms with Crippen LogP contribution in [0.25, 0.3) is 0 Å². The van der Waals surface area contributed by atoms with E-state index in [0.717, 1.165) is 0 Å². The lowest BCUT2D eigenvalue weighted by Crippen LogP contribution is -2.50. The molecule has 0 N–H and O–H groups in total. The molecule has 0 aliphatic heterocycles. The molecule has 432 valence electrons. The van der Waals surface area contributed by atoms with Gasteiger partial charge >= 0.3 is 1.43 Å². The highest BCUT2D eigenvalue weighted by molar-refractivity contribution is 7.40. The Hall–Kier alpha value is 0.0300. The maximum absolute atomic E-state index is 8.55. The van der Waals surface area contributed by atoms with Gasteiger partial charge in [-0.25, -0.2) is 0 Å². The van der Waals surface area contributed by atoms with E-state index in [2.05, 4.69) is 55.4 Å². The van der Waals surface area contributed by atoms with Crippen LogP contribution in [0.1, 0.15) is 365 Å². The highest BCUT2D eigenvalue weighted by Crippen LogP contribution is 2.23. The van der Waals surface area contributed by atoms with Crippen LogP contribution in [0.15, 0.2) is 0 Å². The third-order valence-electron chi connectivity index (χ3n) is 15.9. The first-order valence-corrected chi connectivity index (χ1v) is 34.4. The zero-order chi connectivity index (χ0) is 53.1. The van der Waals surface area contributed by atoms with E-state index >= 15 is 0 Å². The minimum atomic E-state index is -5.39. The Balaban J connectivity index is -0.000000578. The van der Waals surface area contributed by atoms with Gasteiger partial charge in [-0.15, -0.1) is 0 Å². The molecule has 0 aromatic carbocycles. The number of phosphoric acid groups is 1. The monoisotopic (exact) mass is 1030 g/mol. The number of rotatable bonds is 56. The van der Waals surface area contributed by atoms with Crippen LogP contribution in [-0.4, -0.2) is 61.3 Å². The third kappa shape index (κ3) is 62.5. The van der Waals surface area contributed by atoms with Crippen LogP contribution < -0.4 is 14.7 Å². The molecular weight excluding hydrogens is 892 g/mol. The Labute approximate surface area is 451 Å². The topological polar surface area (TPSA) is 86.2 Å². The fourth-order valence-corrected chi connectivity index (χ4v) is 11.2. The van der Waals surface area contributed by atoms with Gasteiger partial charge < -0.3 is 28.2 Å². The molecule has 0 heterocycles. The molecule has 7 heteroatoms. The Morgan fingerprint density at radius 1 is 0.211 bits per heavy atom. The SMILES string of the molecule is CCCCCCCC[N+](CCCCCCCC)(CCCCCCCC)CCCCCCCC.CCCCCCCC[N+](CCCCCCCC)(CCCCCCCC)CCCCCCCC.O=P([O-])([O-])[O-].[H+]. The van der Waals surface area contributed by atoms with Crippen molar-refractivity contribution in [3.05, 3.63) is 0 Å². The summed E-state index contributed by atoms with van der Waals surface area (Å²) in [5.74, 6) is 0. The number of nitrogens with zero attached hydrogens (tertiary/aromatic N) is 2. The lowest BCUT2D eigenvalue weighted by Gasteiger charge is -2.40. The van der Waals surface area contributed by atoms with Crippen molar-refractivity contribution in [3.8, 4) is 0 Å². The van der Waals surface area contributed by atoms with Gasteiger partial charge in [0.15, 0.2) is 0 Å². The van der Waals surface area contributed by atoms with Crippen LogP contribution in [0, 0.1) is 0 Å². The molecular formula is C64H137N2O4P. The summed E-state index contributed by atoms with van der Waals surface area (Å²) >= 11 is 0. The third-order valence-corrected chi connectivity index (χ3v) is 15.9. The molecule has 0 bridgehead atoms. The Morgan fingerprint density at radius 2 is 0.296 bits per heavy atom. The van der Waals surface area contributed by atoms with Gasteiger partial charge in [0, 0.05) is 0 Å². The van der Waals surface area contributed by atoms with Crippen LogP contribution in [0.2, 0.25) is 0 Å². The van der Waals surface area contributed by atoms with Crippen molar-refractivity contribution in [1.82, 2.24) is 0 Å². The molecule has 0 rings (SSSR count). The highest BCUT2D eigenvalue weighted by Gasteiger charge is 2.27. The van der Waals surface area contributed by atoms with Crippen molar-refractivity contribution in [1.29, 1.82) is 0 Å². The molecule has 0 aliphatic carbocycles. The Morgan fingerprint density at radius 3 is 0.394 bits per heavy atom. The molecule has 0 aromatic rings. The first kappa shape index (κ1) is 75.3. The van der Waals surface area contributed by atoms with Gasteiger partial charge in [0.05, 0.1) is 52.4 Å². The standard InChI is InChI=1S/2C32H68N.H3O4P/c2*1-5-9-13-17-21-25-29-33(30-26-22-18-14-10-6-2,31-27-23-19-15-11-7-3)32-28-24-20-16-12-8-4;1-5(2,3)4/h2*5-32H2,1-4H3;(H3,1,2,3,4)/q2*+1;/p-2. The van der Waals surface area contributed by atoms with Gasteiger partial charge in [-0.1, -0.05) is 261 Å². The van der Waals surface area contributed by atoms with Crippen LogP contribution >= 0.6 is 7.82 Å². The molecule has 0 saturated heterocycles. The number of hydrogen-bond acceptors (Lipinski definition) is 4. The Bertz CT molecular complexity index is 799. The molecule has 71 heavy (non-hydrogen) atoms. The molecule has 0 amide bonds. The number of quaternary nitrogens is 2. The number of hydrogen-bond donors (Lipinski definition) is 0. The summed E-state index contributed by atoms with van der Waals surface area (Å²) in [7, 11) is -5.39. The van der Waals surface area contributed by atoms with Crippen molar-refractivity contribution in [2.45, 2.75) is 364 Å². The second-order valence-electron chi connectivity index (χ2n) is 23.1. The second-order valence-corrected chi connectivity index (χ2v) is 24.0. The molecule has 0 spiro atoms. The molecule has 0 aliphatic rings. The fraction of sp³-hybridized carbons (Fsp3) is 1.00. The second kappa shape index (κ2) is 60.9. The summed E-state index contributed by atoms with van der Waals surface area (Å²) in [4.78, 5) is 25.6. The summed E-state index contributed by atoms with van der Waals surface area (Å²) in [6.45, 7) is 30.5. The van der Waals surface area contributed by atoms with Crippen LogP contribution in [0.4, 0.5) is 0 Å². The maximum Gasteiger partial charge on any atom is 1.00 e. The van der Waals surface area contributed by atoms with Crippen molar-refractivity contribution >= 4 is 7.82 Å². The summed E-state index contributed by atoms with van der Waals surface area (Å²) in [5, 5.41) is 0. The first-order valence-electron chi connectivity index (χ1n) is 32.9. The molecule has 0 unspecified atom stereocenters. The van der Waals surface area contributed by atoms with Gasteiger partial charge in [0.2, 0.25) is 0 Å². The average Bonchev–Trinajstić information content (AvgIpc) is 3.35. The quantitative estimate of drug-likeness (QED) is 0.0345. The predicted octanol–water partition coefficient (Wildman–Crippen LogP) is 19.8. The lowest BCUT2D eigenvalue weighted by atomic mass is 10.0. The van der Waals surface area contributed by atoms with Crippen molar-refractivity contribution < 1.29 is 29.6 Å². The van der Waals surface area contributed by atoms with Crippen LogP contribution in [0.3, 0.4) is 0 Å². The van der Waals surface area contributed by atoms with E-state index in [4.69, 9.17) is 19.2 Å². The highest BCUT2D eigenvalue weighted by atomic mass is 31.2. The van der Waals surface area contributed by atoms with E-state index in [0.29, 0.717) is 0 Å². The molecule has 0 aromatic heterocycles. The maximum atomic E-state index is 8.55. The van der Waals surface area contributed by atoms with E-state index in [-0.39, 0.29) is 1.43 Å². The predicted molar refractivity (Wildman–Crippen MR) is 315 cm³/mol. The van der Waals surface area contributed by atoms with E-state index in [9.17, 15) is 0 Å². The summed E-state index contributed by atoms with van der Waals surface area (Å²) in [6, 6.07) is 0. The van der Waals surface area contributed by atoms with E-state index in [1.807, 2.05) is 0 Å². The molecule has 0 saturated carbocycles. The summed E-state index contributed by atoms with van der Waals surface area (Å²) in [5.41, 5.74) is 0. The molecule has 0 fully saturated rings. The minimum Gasteiger partial charge on any atom is -0.822 e. The van der Waals surface area contributed by atoms with Crippen molar-refractivity contribution in [2.75, 3.05) is 52.4 Å². The normalized spacial score (nSPS) is 12.0. The first-order chi connectivity index (χ1) is 34.5. The van der Waals surface area contributed by atoms with Gasteiger partial charge in [0.25, 0.3) is 0 Å². The van der Waals surface area contributed by atoms with E-state index in [1.54, 1.807) is 0 Å². The zero-order valence-electron chi connectivity index (χ0n) is 51.6.